The second kappa shape index (κ2) is 5.67. The molecule has 0 aliphatic heterocycles. The highest BCUT2D eigenvalue weighted by atomic mass is 35.5. The van der Waals surface area contributed by atoms with E-state index in [4.69, 9.17) is 11.6 Å². The number of aromatic amines is 1. The Balaban J connectivity index is 2.20. The molecule has 0 radical (unpaired) electrons. The Labute approximate surface area is 123 Å². The lowest BCUT2D eigenvalue weighted by molar-refractivity contribution is -0.117. The molecule has 1 unspecified atom stereocenters. The maximum atomic E-state index is 12.3. The quantitative estimate of drug-likeness (QED) is 0.905. The SMILES string of the molecule is Cc1ccc(NC(=O)C(C)c2c(C)n[nH]c2C)c(Cl)c1. The minimum Gasteiger partial charge on any atom is -0.324 e. The molecule has 2 rings (SSSR count). The Hall–Kier alpha value is -1.81. The van der Waals surface area contributed by atoms with Crippen LogP contribution in [0.3, 0.4) is 0 Å². The van der Waals surface area contributed by atoms with Crippen molar-refractivity contribution in [3.05, 3.63) is 45.7 Å². The van der Waals surface area contributed by atoms with Crippen LogP contribution in [0.15, 0.2) is 18.2 Å². The number of nitrogens with zero attached hydrogens (tertiary/aromatic N) is 1. The summed E-state index contributed by atoms with van der Waals surface area (Å²) in [5.74, 6) is -0.380. The predicted octanol–water partition coefficient (Wildman–Crippen LogP) is 3.73. The van der Waals surface area contributed by atoms with E-state index < -0.39 is 0 Å². The van der Waals surface area contributed by atoms with Gasteiger partial charge in [-0.1, -0.05) is 17.7 Å². The first-order chi connectivity index (χ1) is 9.40. The minimum atomic E-state index is -0.286. The molecule has 0 bridgehead atoms. The number of nitrogens with one attached hydrogen (secondary N) is 2. The largest absolute Gasteiger partial charge is 0.324 e. The molecule has 0 saturated carbocycles. The molecule has 20 heavy (non-hydrogen) atoms. The van der Waals surface area contributed by atoms with E-state index in [0.717, 1.165) is 22.5 Å². The van der Waals surface area contributed by atoms with Crippen molar-refractivity contribution in [2.24, 2.45) is 0 Å². The topological polar surface area (TPSA) is 57.8 Å². The van der Waals surface area contributed by atoms with Crippen LogP contribution >= 0.6 is 11.6 Å². The summed E-state index contributed by atoms with van der Waals surface area (Å²) in [6.07, 6.45) is 0. The Kier molecular flexibility index (Phi) is 4.14. The van der Waals surface area contributed by atoms with E-state index in [9.17, 15) is 4.79 Å². The number of carbonyl (C=O) groups excluding carboxylic acids is 1. The number of hydrogen-bond donors (Lipinski definition) is 2. The average molecular weight is 292 g/mol. The smallest absolute Gasteiger partial charge is 0.231 e. The van der Waals surface area contributed by atoms with Crippen molar-refractivity contribution in [1.29, 1.82) is 0 Å². The summed E-state index contributed by atoms with van der Waals surface area (Å²) in [4.78, 5) is 12.3. The maximum absolute atomic E-state index is 12.3. The van der Waals surface area contributed by atoms with Crippen molar-refractivity contribution in [2.75, 3.05) is 5.32 Å². The second-order valence-electron chi connectivity index (χ2n) is 5.04. The van der Waals surface area contributed by atoms with Gasteiger partial charge in [0.25, 0.3) is 0 Å². The zero-order chi connectivity index (χ0) is 14.9. The number of H-pyrrole nitrogens is 1. The highest BCUT2D eigenvalue weighted by Crippen LogP contribution is 2.26. The molecule has 106 valence electrons. The molecule has 0 fully saturated rings. The predicted molar refractivity (Wildman–Crippen MR) is 81.3 cm³/mol. The number of anilines is 1. The third-order valence-corrected chi connectivity index (χ3v) is 3.71. The standard InChI is InChI=1S/C15H18ClN3O/c1-8-5-6-13(12(16)7-8)17-15(20)9(2)14-10(3)18-19-11(14)4/h5-7,9H,1-4H3,(H,17,20)(H,18,19). The van der Waals surface area contributed by atoms with Gasteiger partial charge in [-0.2, -0.15) is 5.10 Å². The molecular weight excluding hydrogens is 274 g/mol. The van der Waals surface area contributed by atoms with Gasteiger partial charge in [0.1, 0.15) is 0 Å². The van der Waals surface area contributed by atoms with Gasteiger partial charge in [0.2, 0.25) is 5.91 Å². The summed E-state index contributed by atoms with van der Waals surface area (Å²) < 4.78 is 0. The lowest BCUT2D eigenvalue weighted by Crippen LogP contribution is -2.20. The molecule has 4 nitrogen and oxygen atoms in total. The van der Waals surface area contributed by atoms with E-state index in [0.29, 0.717) is 10.7 Å². The van der Waals surface area contributed by atoms with Gasteiger partial charge in [-0.15, -0.1) is 0 Å². The number of aryl methyl sites for hydroxylation is 3. The third kappa shape index (κ3) is 2.85. The van der Waals surface area contributed by atoms with Crippen LogP contribution in [-0.4, -0.2) is 16.1 Å². The molecule has 0 saturated heterocycles. The first-order valence-electron chi connectivity index (χ1n) is 6.48. The van der Waals surface area contributed by atoms with Crippen LogP contribution in [0.4, 0.5) is 5.69 Å². The molecular formula is C15H18ClN3O. The van der Waals surface area contributed by atoms with Crippen LogP contribution in [0.25, 0.3) is 0 Å². The fraction of sp³-hybridized carbons (Fsp3) is 0.333. The molecule has 0 aliphatic rings. The summed E-state index contributed by atoms with van der Waals surface area (Å²) in [6, 6.07) is 5.56. The summed E-state index contributed by atoms with van der Waals surface area (Å²) >= 11 is 6.13. The van der Waals surface area contributed by atoms with E-state index in [1.807, 2.05) is 45.9 Å². The number of carbonyl (C=O) groups is 1. The van der Waals surface area contributed by atoms with Gasteiger partial charge in [-0.25, -0.2) is 0 Å². The third-order valence-electron chi connectivity index (χ3n) is 3.39. The van der Waals surface area contributed by atoms with E-state index in [1.54, 1.807) is 0 Å². The first-order valence-corrected chi connectivity index (χ1v) is 6.86. The minimum absolute atomic E-state index is 0.0941. The fourth-order valence-electron chi connectivity index (χ4n) is 2.29. The Morgan fingerprint density at radius 1 is 1.35 bits per heavy atom. The lowest BCUT2D eigenvalue weighted by Gasteiger charge is -2.14. The number of aromatic nitrogens is 2. The van der Waals surface area contributed by atoms with Crippen molar-refractivity contribution in [1.82, 2.24) is 10.2 Å². The molecule has 0 aliphatic carbocycles. The van der Waals surface area contributed by atoms with Crippen LogP contribution in [0.2, 0.25) is 5.02 Å². The average Bonchev–Trinajstić information content (AvgIpc) is 2.71. The van der Waals surface area contributed by atoms with Crippen LogP contribution in [0.5, 0.6) is 0 Å². The number of amides is 1. The van der Waals surface area contributed by atoms with Gasteiger partial charge in [0, 0.05) is 11.3 Å². The normalized spacial score (nSPS) is 12.2. The summed E-state index contributed by atoms with van der Waals surface area (Å²) in [5.41, 5.74) is 4.39. The first kappa shape index (κ1) is 14.6. The van der Waals surface area contributed by atoms with Crippen LogP contribution < -0.4 is 5.32 Å². The molecule has 2 aromatic rings. The van der Waals surface area contributed by atoms with Gasteiger partial charge < -0.3 is 5.32 Å². The van der Waals surface area contributed by atoms with E-state index in [2.05, 4.69) is 15.5 Å². The van der Waals surface area contributed by atoms with Crippen LogP contribution in [0, 0.1) is 20.8 Å². The Morgan fingerprint density at radius 2 is 2.05 bits per heavy atom. The number of hydrogen-bond acceptors (Lipinski definition) is 2. The zero-order valence-electron chi connectivity index (χ0n) is 12.0. The molecule has 1 atom stereocenters. The Bertz CT molecular complexity index is 629. The summed E-state index contributed by atoms with van der Waals surface area (Å²) in [5, 5.41) is 10.4. The van der Waals surface area contributed by atoms with Crippen molar-refractivity contribution in [3.8, 4) is 0 Å². The van der Waals surface area contributed by atoms with E-state index in [1.165, 1.54) is 0 Å². The summed E-state index contributed by atoms with van der Waals surface area (Å²) in [6.45, 7) is 7.63. The fourth-order valence-corrected chi connectivity index (χ4v) is 2.57. The van der Waals surface area contributed by atoms with Gasteiger partial charge in [0.15, 0.2) is 0 Å². The number of halogens is 1. The number of benzene rings is 1. The molecule has 1 heterocycles. The van der Waals surface area contributed by atoms with Crippen molar-refractivity contribution < 1.29 is 4.79 Å². The Morgan fingerprint density at radius 3 is 2.60 bits per heavy atom. The molecule has 1 amide bonds. The molecule has 0 spiro atoms. The van der Waals surface area contributed by atoms with E-state index in [-0.39, 0.29) is 11.8 Å². The van der Waals surface area contributed by atoms with Crippen molar-refractivity contribution in [3.63, 3.8) is 0 Å². The van der Waals surface area contributed by atoms with Crippen LogP contribution in [0.1, 0.15) is 35.4 Å². The monoisotopic (exact) mass is 291 g/mol. The lowest BCUT2D eigenvalue weighted by atomic mass is 9.98. The maximum Gasteiger partial charge on any atom is 0.231 e. The van der Waals surface area contributed by atoms with Gasteiger partial charge in [-0.3, -0.25) is 9.89 Å². The van der Waals surface area contributed by atoms with Gasteiger partial charge in [-0.05, 0) is 45.4 Å². The van der Waals surface area contributed by atoms with Gasteiger partial charge >= 0.3 is 0 Å². The summed E-state index contributed by atoms with van der Waals surface area (Å²) in [7, 11) is 0. The molecule has 1 aromatic carbocycles. The van der Waals surface area contributed by atoms with Gasteiger partial charge in [0.05, 0.1) is 22.3 Å². The van der Waals surface area contributed by atoms with Crippen molar-refractivity contribution in [2.45, 2.75) is 33.6 Å². The van der Waals surface area contributed by atoms with Crippen molar-refractivity contribution >= 4 is 23.2 Å². The van der Waals surface area contributed by atoms with Crippen LogP contribution in [-0.2, 0) is 4.79 Å². The zero-order valence-corrected chi connectivity index (χ0v) is 12.8. The van der Waals surface area contributed by atoms with E-state index >= 15 is 0 Å². The highest BCUT2D eigenvalue weighted by molar-refractivity contribution is 6.33. The second-order valence-corrected chi connectivity index (χ2v) is 5.45. The molecule has 5 heteroatoms. The molecule has 1 aromatic heterocycles. The highest BCUT2D eigenvalue weighted by Gasteiger charge is 2.21. The molecule has 2 N–H and O–H groups in total. The number of rotatable bonds is 3.